The molecule has 2 radical (unpaired) electrons. The molecule has 0 saturated heterocycles. The van der Waals surface area contributed by atoms with Crippen molar-refractivity contribution in [2.24, 2.45) is 9.98 Å². The van der Waals surface area contributed by atoms with Crippen molar-refractivity contribution in [2.45, 2.75) is 0 Å². The smallest absolute Gasteiger partial charge is 0.870 e. The molecule has 0 fully saturated rings. The summed E-state index contributed by atoms with van der Waals surface area (Å²) in [6.45, 7) is 0.566. The number of rotatable bonds is 8. The maximum atomic E-state index is 11.5. The molecule has 0 spiro atoms. The number of para-hydroxylation sites is 2. The van der Waals surface area contributed by atoms with Crippen LogP contribution < -0.4 is 19.7 Å². The molecule has 2 N–H and O–H groups in total. The van der Waals surface area contributed by atoms with Crippen molar-refractivity contribution < 1.29 is 64.0 Å². The first-order valence-electron chi connectivity index (χ1n) is 9.34. The largest absolute Gasteiger partial charge is 2.00 e. The van der Waals surface area contributed by atoms with E-state index in [0.29, 0.717) is 35.7 Å². The average Bonchev–Trinajstić information content (AvgIpc) is 2.83. The number of ether oxygens (including phenoxy) is 2. The number of benzene rings is 2. The van der Waals surface area contributed by atoms with E-state index in [1.807, 2.05) is 0 Å². The van der Waals surface area contributed by atoms with Gasteiger partial charge in [0.05, 0.1) is 40.5 Å². The van der Waals surface area contributed by atoms with Gasteiger partial charge in [0.1, 0.15) is 11.5 Å². The molecule has 0 bridgehead atoms. The molecular weight excluding hydrogens is 607 g/mol. The predicted octanol–water partition coefficient (Wildman–Crippen LogP) is 1.67. The first-order valence-corrected chi connectivity index (χ1v) is 10.2. The molecule has 36 heavy (non-hydrogen) atoms. The van der Waals surface area contributed by atoms with Crippen LogP contribution >= 0.6 is 24.4 Å². The van der Waals surface area contributed by atoms with Crippen molar-refractivity contribution in [1.29, 1.82) is 0 Å². The van der Waals surface area contributed by atoms with Gasteiger partial charge in [-0.15, -0.1) is 0 Å². The first-order chi connectivity index (χ1) is 16.4. The molecule has 0 heterocycles. The summed E-state index contributed by atoms with van der Waals surface area (Å²) in [5, 5.41) is 57.0. The van der Waals surface area contributed by atoms with E-state index in [1.54, 1.807) is 36.4 Å². The molecule has 2 rings (SSSR count). The Kier molecular flexibility index (Phi) is 32.5. The summed E-state index contributed by atoms with van der Waals surface area (Å²) in [6.07, 6.45) is 2.89. The minimum Gasteiger partial charge on any atom is -0.870 e. The summed E-state index contributed by atoms with van der Waals surface area (Å²) in [4.78, 5) is 7.73. The van der Waals surface area contributed by atoms with Crippen LogP contribution in [0.2, 0.25) is 0 Å². The van der Waals surface area contributed by atoms with E-state index in [1.165, 1.54) is 37.0 Å². The van der Waals surface area contributed by atoms with Gasteiger partial charge in [-0.2, -0.15) is 10.3 Å². The second-order valence-corrected chi connectivity index (χ2v) is 5.82. The normalized spacial score (nSPS) is 8.78. The fourth-order valence-electron chi connectivity index (χ4n) is 2.03. The topological polar surface area (TPSA) is 174 Å². The number of methoxy groups -OCH3 is 2. The Morgan fingerprint density at radius 1 is 0.806 bits per heavy atom. The summed E-state index contributed by atoms with van der Waals surface area (Å²) >= 11 is 7.40. The molecule has 0 unspecified atom stereocenters. The Morgan fingerprint density at radius 3 is 1.36 bits per heavy atom. The Bertz CT molecular complexity index is 892. The van der Waals surface area contributed by atoms with Crippen LogP contribution in [0.4, 0.5) is 0 Å². The van der Waals surface area contributed by atoms with E-state index in [9.17, 15) is 10.2 Å². The van der Waals surface area contributed by atoms with Crippen molar-refractivity contribution in [1.82, 2.24) is 0 Å². The molecule has 0 atom stereocenters. The van der Waals surface area contributed by atoms with Gasteiger partial charge in [-0.05, 0) is 23.3 Å². The van der Waals surface area contributed by atoms with E-state index in [-0.39, 0.29) is 58.9 Å². The SMILES string of the molecule is COc1cccc(C=NCCO)c1[O-].COc1cccc(C=NCCO)c1[O-].[Cu+2].[Cu+2].[N-]=C=S.[N-]=C=S. The number of isothiocyanates is 2. The van der Waals surface area contributed by atoms with Crippen molar-refractivity contribution in [3.05, 3.63) is 58.3 Å². The second-order valence-electron chi connectivity index (χ2n) is 5.46. The monoisotopic (exact) mass is 630 g/mol. The van der Waals surface area contributed by atoms with Gasteiger partial charge in [0.15, 0.2) is 0 Å². The van der Waals surface area contributed by atoms with Crippen molar-refractivity contribution in [2.75, 3.05) is 40.5 Å². The number of aliphatic hydroxyl groups is 2. The average molecular weight is 632 g/mol. The molecule has 0 aliphatic rings. The van der Waals surface area contributed by atoms with E-state index < -0.39 is 0 Å². The molecule has 2 aromatic rings. The Labute approximate surface area is 242 Å². The molecule has 14 heteroatoms. The second kappa shape index (κ2) is 28.8. The Morgan fingerprint density at radius 2 is 1.11 bits per heavy atom. The summed E-state index contributed by atoms with van der Waals surface area (Å²) in [7, 11) is 2.90. The van der Waals surface area contributed by atoms with Crippen LogP contribution in [-0.4, -0.2) is 73.5 Å². The van der Waals surface area contributed by atoms with E-state index in [0.717, 1.165) is 0 Å². The van der Waals surface area contributed by atoms with Gasteiger partial charge >= 0.3 is 34.1 Å². The van der Waals surface area contributed by atoms with Gasteiger partial charge in [0.25, 0.3) is 0 Å². The number of hydrogen-bond acceptors (Lipinski definition) is 10. The number of aliphatic imine (C=N–C) groups is 2. The minimum atomic E-state index is -0.184. The quantitative estimate of drug-likeness (QED) is 0.251. The van der Waals surface area contributed by atoms with Gasteiger partial charge in [-0.1, -0.05) is 60.2 Å². The maximum Gasteiger partial charge on any atom is 2.00 e. The third-order valence-electron chi connectivity index (χ3n) is 3.38. The van der Waals surface area contributed by atoms with Crippen LogP contribution in [0, 0.1) is 0 Å². The molecule has 202 valence electrons. The summed E-state index contributed by atoms with van der Waals surface area (Å²) < 4.78 is 9.74. The first kappa shape index (κ1) is 40.7. The number of aliphatic hydroxyl groups excluding tert-OH is 2. The van der Waals surface area contributed by atoms with Crippen LogP contribution in [-0.2, 0) is 34.1 Å². The van der Waals surface area contributed by atoms with E-state index in [2.05, 4.69) is 34.4 Å². The Balaban J connectivity index is -0.000000223. The van der Waals surface area contributed by atoms with Crippen LogP contribution in [0.5, 0.6) is 23.0 Å². The van der Waals surface area contributed by atoms with Crippen molar-refractivity contribution in [3.8, 4) is 23.0 Å². The molecule has 0 amide bonds. The van der Waals surface area contributed by atoms with Crippen molar-refractivity contribution in [3.63, 3.8) is 0 Å². The number of hydrogen-bond donors (Lipinski definition) is 2. The molecule has 0 aromatic heterocycles. The van der Waals surface area contributed by atoms with Gasteiger partial charge in [0.2, 0.25) is 0 Å². The third-order valence-corrected chi connectivity index (χ3v) is 3.38. The van der Waals surface area contributed by atoms with Crippen molar-refractivity contribution >= 4 is 47.2 Å². The fourth-order valence-corrected chi connectivity index (χ4v) is 2.03. The molecule has 0 aliphatic carbocycles. The molecule has 0 saturated carbocycles. The maximum absolute atomic E-state index is 11.5. The van der Waals surface area contributed by atoms with E-state index in [4.69, 9.17) is 30.5 Å². The van der Waals surface area contributed by atoms with Gasteiger partial charge in [-0.3, -0.25) is 9.98 Å². The molecule has 10 nitrogen and oxygen atoms in total. The van der Waals surface area contributed by atoms with E-state index >= 15 is 0 Å². The predicted molar refractivity (Wildman–Crippen MR) is 136 cm³/mol. The summed E-state index contributed by atoms with van der Waals surface area (Å²) in [5.74, 6) is 0.240. The molecule has 2 aromatic carbocycles. The zero-order valence-corrected chi connectivity index (χ0v) is 22.7. The Hall–Kier alpha value is -2.46. The standard InChI is InChI=1S/2C10H13NO3.2CNS.2Cu/c2*1-14-9-4-2-3-8(10(9)13)7-11-5-6-12;2*2-1-3;;/h2*2-4,7,12-13H,5-6H2,1H3;;;;/q;;2*-1;2*+2/p-2. The zero-order valence-electron chi connectivity index (χ0n) is 19.2. The summed E-state index contributed by atoms with van der Waals surface area (Å²) in [6, 6.07) is 9.97. The fraction of sp³-hybridized carbons (Fsp3) is 0.273. The zero-order chi connectivity index (χ0) is 26.2. The van der Waals surface area contributed by atoms with Gasteiger partial charge < -0.3 is 40.7 Å². The third kappa shape index (κ3) is 18.8. The number of thiocarbonyl (C=S) groups is 2. The van der Waals surface area contributed by atoms with Crippen LogP contribution in [0.1, 0.15) is 11.1 Å². The molecule has 0 aliphatic heterocycles. The summed E-state index contributed by atoms with van der Waals surface area (Å²) in [5.41, 5.74) is 0.940. The minimum absolute atomic E-state index is 0. The van der Waals surface area contributed by atoms with Crippen LogP contribution in [0.3, 0.4) is 0 Å². The van der Waals surface area contributed by atoms with Gasteiger partial charge in [0, 0.05) is 12.4 Å². The number of nitrogens with zero attached hydrogens (tertiary/aromatic N) is 4. The van der Waals surface area contributed by atoms with Gasteiger partial charge in [-0.25, -0.2) is 0 Å². The molecular formula is C22H24Cu2N4O6S2. The van der Waals surface area contributed by atoms with Crippen LogP contribution in [0.15, 0.2) is 46.4 Å². The van der Waals surface area contributed by atoms with Crippen LogP contribution in [0.25, 0.3) is 10.8 Å².